The molecule has 168 valence electrons. The van der Waals surface area contributed by atoms with Crippen LogP contribution in [0.5, 0.6) is 5.75 Å². The number of carbonyl (C=O) groups is 1. The largest absolute Gasteiger partial charge is 0.484 e. The van der Waals surface area contributed by atoms with Gasteiger partial charge in [0, 0.05) is 29.2 Å². The van der Waals surface area contributed by atoms with Crippen LogP contribution < -0.4 is 10.1 Å². The van der Waals surface area contributed by atoms with Gasteiger partial charge in [-0.15, -0.1) is 10.2 Å². The Bertz CT molecular complexity index is 1430. The number of benzene rings is 2. The van der Waals surface area contributed by atoms with Crippen molar-refractivity contribution in [2.24, 2.45) is 0 Å². The third-order valence-corrected chi connectivity index (χ3v) is 5.34. The molecule has 0 atom stereocenters. The molecule has 5 aromatic rings. The lowest BCUT2D eigenvalue weighted by Crippen LogP contribution is -2.20. The van der Waals surface area contributed by atoms with E-state index in [1.165, 1.54) is 5.56 Å². The van der Waals surface area contributed by atoms with Gasteiger partial charge in [-0.2, -0.15) is 9.61 Å². The number of ether oxygens (including phenoxy) is 1. The SMILES string of the molecule is CCc1ccc(OCC(=O)Nc2cccc(-c3ccc4nnc(-c5ccncc5)n4n3)c2)cc1. The van der Waals surface area contributed by atoms with Crippen molar-refractivity contribution in [3.63, 3.8) is 0 Å². The predicted octanol–water partition coefficient (Wildman–Crippen LogP) is 4.43. The summed E-state index contributed by atoms with van der Waals surface area (Å²) in [5, 5.41) is 16.1. The molecule has 0 radical (unpaired) electrons. The minimum absolute atomic E-state index is 0.0735. The molecule has 0 saturated carbocycles. The van der Waals surface area contributed by atoms with Crippen molar-refractivity contribution in [3.8, 4) is 28.4 Å². The molecule has 8 heteroatoms. The van der Waals surface area contributed by atoms with Crippen molar-refractivity contribution in [3.05, 3.63) is 90.8 Å². The quantitative estimate of drug-likeness (QED) is 0.394. The highest BCUT2D eigenvalue weighted by atomic mass is 16.5. The smallest absolute Gasteiger partial charge is 0.262 e. The number of pyridine rings is 1. The van der Waals surface area contributed by atoms with Gasteiger partial charge in [0.1, 0.15) is 5.75 Å². The number of hydrogen-bond donors (Lipinski definition) is 1. The number of aromatic nitrogens is 5. The van der Waals surface area contributed by atoms with E-state index < -0.39 is 0 Å². The zero-order chi connectivity index (χ0) is 23.3. The minimum atomic E-state index is -0.237. The number of hydrogen-bond acceptors (Lipinski definition) is 6. The summed E-state index contributed by atoms with van der Waals surface area (Å²) in [4.78, 5) is 16.5. The molecule has 0 aliphatic carbocycles. The number of fused-ring (bicyclic) bond motifs is 1. The molecule has 34 heavy (non-hydrogen) atoms. The van der Waals surface area contributed by atoms with Crippen LogP contribution in [0, 0.1) is 0 Å². The Morgan fingerprint density at radius 1 is 0.941 bits per heavy atom. The fourth-order valence-electron chi connectivity index (χ4n) is 3.55. The molecule has 0 aliphatic heterocycles. The maximum absolute atomic E-state index is 12.4. The van der Waals surface area contributed by atoms with Crippen LogP contribution in [0.2, 0.25) is 0 Å². The van der Waals surface area contributed by atoms with E-state index in [0.29, 0.717) is 22.9 Å². The molecule has 0 saturated heterocycles. The Labute approximate surface area is 196 Å². The number of rotatable bonds is 7. The molecular weight excluding hydrogens is 428 g/mol. The van der Waals surface area contributed by atoms with Crippen LogP contribution in [0.4, 0.5) is 5.69 Å². The second kappa shape index (κ2) is 9.50. The van der Waals surface area contributed by atoms with Crippen LogP contribution in [0.25, 0.3) is 28.3 Å². The summed E-state index contributed by atoms with van der Waals surface area (Å²) in [5.74, 6) is 1.06. The van der Waals surface area contributed by atoms with Crippen molar-refractivity contribution in [1.29, 1.82) is 0 Å². The summed E-state index contributed by atoms with van der Waals surface area (Å²) in [6.45, 7) is 2.02. The normalized spacial score (nSPS) is 10.9. The van der Waals surface area contributed by atoms with Crippen molar-refractivity contribution in [2.75, 3.05) is 11.9 Å². The number of aryl methyl sites for hydroxylation is 1. The van der Waals surface area contributed by atoms with E-state index in [0.717, 1.165) is 23.2 Å². The van der Waals surface area contributed by atoms with Crippen LogP contribution >= 0.6 is 0 Å². The monoisotopic (exact) mass is 450 g/mol. The molecule has 0 fully saturated rings. The first-order chi connectivity index (χ1) is 16.7. The van der Waals surface area contributed by atoms with Gasteiger partial charge in [0.2, 0.25) is 0 Å². The Hall–Kier alpha value is -4.59. The van der Waals surface area contributed by atoms with Crippen LogP contribution in [-0.2, 0) is 11.2 Å². The maximum Gasteiger partial charge on any atom is 0.262 e. The number of anilines is 1. The van der Waals surface area contributed by atoms with Gasteiger partial charge >= 0.3 is 0 Å². The van der Waals surface area contributed by atoms with Crippen LogP contribution in [-0.4, -0.2) is 37.3 Å². The van der Waals surface area contributed by atoms with Gasteiger partial charge in [0.05, 0.1) is 5.69 Å². The van der Waals surface area contributed by atoms with Crippen LogP contribution in [0.1, 0.15) is 12.5 Å². The molecule has 3 aromatic heterocycles. The Balaban J connectivity index is 1.32. The van der Waals surface area contributed by atoms with E-state index in [4.69, 9.17) is 9.84 Å². The third-order valence-electron chi connectivity index (χ3n) is 5.34. The highest BCUT2D eigenvalue weighted by Crippen LogP contribution is 2.23. The van der Waals surface area contributed by atoms with Gasteiger partial charge < -0.3 is 10.1 Å². The average molecular weight is 451 g/mol. The Kier molecular flexibility index (Phi) is 5.94. The fourth-order valence-corrected chi connectivity index (χ4v) is 3.55. The molecule has 1 N–H and O–H groups in total. The zero-order valence-electron chi connectivity index (χ0n) is 18.5. The molecule has 5 rings (SSSR count). The molecule has 8 nitrogen and oxygen atoms in total. The standard InChI is InChI=1S/C26H22N6O2/c1-2-18-6-8-22(9-7-18)34-17-25(33)28-21-5-3-4-20(16-21)23-10-11-24-29-30-26(32(24)31-23)19-12-14-27-15-13-19/h3-16H,2,17H2,1H3,(H,28,33). The van der Waals surface area contributed by atoms with Gasteiger partial charge in [0.15, 0.2) is 18.1 Å². The summed E-state index contributed by atoms with van der Waals surface area (Å²) in [7, 11) is 0. The van der Waals surface area contributed by atoms with Gasteiger partial charge in [-0.05, 0) is 60.5 Å². The highest BCUT2D eigenvalue weighted by molar-refractivity contribution is 5.92. The van der Waals surface area contributed by atoms with E-state index in [-0.39, 0.29) is 12.5 Å². The fraction of sp³-hybridized carbons (Fsp3) is 0.115. The van der Waals surface area contributed by atoms with Gasteiger partial charge in [-0.1, -0.05) is 31.2 Å². The zero-order valence-corrected chi connectivity index (χ0v) is 18.5. The van der Waals surface area contributed by atoms with Gasteiger partial charge in [0.25, 0.3) is 5.91 Å². The van der Waals surface area contributed by atoms with Crippen molar-refractivity contribution in [2.45, 2.75) is 13.3 Å². The molecule has 0 unspecified atom stereocenters. The molecule has 0 spiro atoms. The minimum Gasteiger partial charge on any atom is -0.484 e. The topological polar surface area (TPSA) is 94.3 Å². The predicted molar refractivity (Wildman–Crippen MR) is 129 cm³/mol. The maximum atomic E-state index is 12.4. The molecular formula is C26H22N6O2. The summed E-state index contributed by atoms with van der Waals surface area (Å²) >= 11 is 0. The molecule has 0 aliphatic rings. The van der Waals surface area contributed by atoms with E-state index in [9.17, 15) is 4.79 Å². The second-order valence-electron chi connectivity index (χ2n) is 7.66. The van der Waals surface area contributed by atoms with Crippen molar-refractivity contribution in [1.82, 2.24) is 24.8 Å². The van der Waals surface area contributed by atoms with E-state index in [1.807, 2.05) is 72.8 Å². The first kappa shape index (κ1) is 21.3. The molecule has 3 heterocycles. The summed E-state index contributed by atoms with van der Waals surface area (Å²) in [6.07, 6.45) is 4.37. The number of carbonyl (C=O) groups excluding carboxylic acids is 1. The second-order valence-corrected chi connectivity index (χ2v) is 7.66. The van der Waals surface area contributed by atoms with Crippen molar-refractivity contribution >= 4 is 17.2 Å². The molecule has 2 aromatic carbocycles. The van der Waals surface area contributed by atoms with Crippen molar-refractivity contribution < 1.29 is 9.53 Å². The van der Waals surface area contributed by atoms with Gasteiger partial charge in [-0.3, -0.25) is 9.78 Å². The highest BCUT2D eigenvalue weighted by Gasteiger charge is 2.11. The van der Waals surface area contributed by atoms with E-state index in [1.54, 1.807) is 16.9 Å². The third kappa shape index (κ3) is 4.61. The summed E-state index contributed by atoms with van der Waals surface area (Å²) < 4.78 is 7.30. The average Bonchev–Trinajstić information content (AvgIpc) is 3.32. The summed E-state index contributed by atoms with van der Waals surface area (Å²) in [6, 6.07) is 22.7. The first-order valence-electron chi connectivity index (χ1n) is 10.9. The lowest BCUT2D eigenvalue weighted by molar-refractivity contribution is -0.118. The van der Waals surface area contributed by atoms with E-state index in [2.05, 4.69) is 27.4 Å². The molecule has 0 bridgehead atoms. The number of amides is 1. The molecule has 1 amide bonds. The first-order valence-corrected chi connectivity index (χ1v) is 10.9. The lowest BCUT2D eigenvalue weighted by Gasteiger charge is -2.09. The number of nitrogens with one attached hydrogen (secondary N) is 1. The van der Waals surface area contributed by atoms with Crippen LogP contribution in [0.15, 0.2) is 85.2 Å². The van der Waals surface area contributed by atoms with Gasteiger partial charge in [-0.25, -0.2) is 0 Å². The van der Waals surface area contributed by atoms with E-state index >= 15 is 0 Å². The summed E-state index contributed by atoms with van der Waals surface area (Å²) in [5.41, 5.74) is 4.98. The number of nitrogens with zero attached hydrogens (tertiary/aromatic N) is 5. The Morgan fingerprint density at radius 2 is 1.76 bits per heavy atom. The lowest BCUT2D eigenvalue weighted by atomic mass is 10.1. The Morgan fingerprint density at radius 3 is 2.56 bits per heavy atom. The van der Waals surface area contributed by atoms with Crippen LogP contribution in [0.3, 0.4) is 0 Å².